The van der Waals surface area contributed by atoms with Gasteiger partial charge in [-0.3, -0.25) is 4.79 Å². The number of nitriles is 1. The molecule has 0 saturated heterocycles. The number of nitrogens with zero attached hydrogens (tertiary/aromatic N) is 3. The lowest BCUT2D eigenvalue weighted by atomic mass is 9.54. The second-order valence-electron chi connectivity index (χ2n) is 10.8. The van der Waals surface area contributed by atoms with Crippen molar-refractivity contribution in [1.29, 1.82) is 5.26 Å². The standard InChI is InChI=1S/C35H29N3O3/c1-21-30-17-16-29-31(26-9-7-8-25(18-26)23-12-14-24(15-13-23)34(40)41-3)37-22(2)38-33(29)35(30,19-27(20-36)32(21)39)28-10-5-4-6-11-28/h4-15,18-19,21,30H,16-17H2,1-3H3/t21-,30-,35+/m0/s1. The Balaban J connectivity index is 1.54. The summed E-state index contributed by atoms with van der Waals surface area (Å²) in [6.07, 6.45) is 3.39. The van der Waals surface area contributed by atoms with E-state index in [-0.39, 0.29) is 29.2 Å². The maximum atomic E-state index is 13.2. The molecule has 0 aliphatic heterocycles. The van der Waals surface area contributed by atoms with Crippen molar-refractivity contribution in [1.82, 2.24) is 9.97 Å². The topological polar surface area (TPSA) is 92.9 Å². The molecule has 6 heteroatoms. The number of hydrogen-bond donors (Lipinski definition) is 0. The fourth-order valence-electron chi connectivity index (χ4n) is 6.66. The van der Waals surface area contributed by atoms with Crippen LogP contribution in [0.2, 0.25) is 0 Å². The number of benzene rings is 3. The lowest BCUT2D eigenvalue weighted by Gasteiger charge is -2.48. The summed E-state index contributed by atoms with van der Waals surface area (Å²) in [5, 5.41) is 9.97. The Labute approximate surface area is 239 Å². The number of fused-ring (bicyclic) bond motifs is 3. The Morgan fingerprint density at radius 2 is 1.71 bits per heavy atom. The van der Waals surface area contributed by atoms with E-state index in [1.807, 2.05) is 62.4 Å². The van der Waals surface area contributed by atoms with Crippen molar-refractivity contribution in [3.8, 4) is 28.5 Å². The molecule has 1 heterocycles. The molecule has 0 spiro atoms. The van der Waals surface area contributed by atoms with Crippen LogP contribution in [-0.4, -0.2) is 28.8 Å². The second kappa shape index (κ2) is 10.3. The predicted octanol–water partition coefficient (Wildman–Crippen LogP) is 6.42. The van der Waals surface area contributed by atoms with Gasteiger partial charge in [0.1, 0.15) is 11.9 Å². The number of carbonyl (C=O) groups excluding carboxylic acids is 2. The molecule has 3 atom stereocenters. The number of hydrogen-bond acceptors (Lipinski definition) is 6. The van der Waals surface area contributed by atoms with Crippen LogP contribution >= 0.6 is 0 Å². The maximum absolute atomic E-state index is 13.2. The number of methoxy groups -OCH3 is 1. The largest absolute Gasteiger partial charge is 0.465 e. The second-order valence-corrected chi connectivity index (χ2v) is 10.8. The number of esters is 1. The third-order valence-corrected chi connectivity index (χ3v) is 8.60. The summed E-state index contributed by atoms with van der Waals surface area (Å²) in [5.41, 5.74) is 6.74. The number of carbonyl (C=O) groups is 2. The van der Waals surface area contributed by atoms with Crippen LogP contribution < -0.4 is 0 Å². The van der Waals surface area contributed by atoms with E-state index in [0.29, 0.717) is 11.4 Å². The Morgan fingerprint density at radius 3 is 2.41 bits per heavy atom. The first-order valence-electron chi connectivity index (χ1n) is 13.8. The van der Waals surface area contributed by atoms with E-state index in [4.69, 9.17) is 14.7 Å². The summed E-state index contributed by atoms with van der Waals surface area (Å²) in [4.78, 5) is 35.1. The van der Waals surface area contributed by atoms with Gasteiger partial charge in [0.05, 0.1) is 35.0 Å². The van der Waals surface area contributed by atoms with E-state index in [2.05, 4.69) is 30.3 Å². The number of rotatable bonds is 4. The van der Waals surface area contributed by atoms with E-state index in [0.717, 1.165) is 52.0 Å². The number of ketones is 1. The van der Waals surface area contributed by atoms with Crippen molar-refractivity contribution in [3.05, 3.63) is 119 Å². The van der Waals surface area contributed by atoms with Gasteiger partial charge in [-0.25, -0.2) is 14.8 Å². The van der Waals surface area contributed by atoms with Crippen LogP contribution in [0, 0.1) is 30.1 Å². The number of ether oxygens (including phenoxy) is 1. The van der Waals surface area contributed by atoms with Crippen LogP contribution in [0.25, 0.3) is 22.4 Å². The average Bonchev–Trinajstić information content (AvgIpc) is 3.02. The molecule has 0 saturated carbocycles. The first-order chi connectivity index (χ1) is 19.9. The highest BCUT2D eigenvalue weighted by Gasteiger charge is 2.53. The van der Waals surface area contributed by atoms with Gasteiger partial charge in [-0.1, -0.05) is 67.6 Å². The van der Waals surface area contributed by atoms with E-state index in [9.17, 15) is 14.9 Å². The number of aryl methyl sites for hydroxylation is 1. The molecule has 41 heavy (non-hydrogen) atoms. The fourth-order valence-corrected chi connectivity index (χ4v) is 6.66. The fraction of sp³-hybridized carbons (Fsp3) is 0.229. The summed E-state index contributed by atoms with van der Waals surface area (Å²) in [7, 11) is 1.37. The summed E-state index contributed by atoms with van der Waals surface area (Å²) < 4.78 is 4.83. The van der Waals surface area contributed by atoms with Crippen molar-refractivity contribution < 1.29 is 14.3 Å². The summed E-state index contributed by atoms with van der Waals surface area (Å²) in [5.74, 6) is -0.156. The molecular formula is C35H29N3O3. The van der Waals surface area contributed by atoms with E-state index in [1.54, 1.807) is 12.1 Å². The molecular weight excluding hydrogens is 510 g/mol. The molecule has 0 radical (unpaired) electrons. The van der Waals surface area contributed by atoms with Gasteiger partial charge < -0.3 is 4.74 Å². The van der Waals surface area contributed by atoms with Gasteiger partial charge in [-0.05, 0) is 66.6 Å². The quantitative estimate of drug-likeness (QED) is 0.278. The molecule has 0 N–H and O–H groups in total. The molecule has 6 nitrogen and oxygen atoms in total. The molecule has 1 aromatic heterocycles. The SMILES string of the molecule is COC(=O)c1ccc(-c2cccc(-c3nc(C)nc4c3CC[C@H]3[C@H](C)C(=O)C(C#N)=C[C@]43c3ccccc3)c2)cc1. The molecule has 0 amide bonds. The van der Waals surface area contributed by atoms with Gasteiger partial charge in [0.2, 0.25) is 0 Å². The zero-order chi connectivity index (χ0) is 28.7. The number of allylic oxidation sites excluding steroid dienone is 2. The minimum Gasteiger partial charge on any atom is -0.465 e. The van der Waals surface area contributed by atoms with Crippen LogP contribution in [0.1, 0.15) is 46.3 Å². The summed E-state index contributed by atoms with van der Waals surface area (Å²) in [6.45, 7) is 3.84. The van der Waals surface area contributed by atoms with Crippen molar-refractivity contribution in [2.24, 2.45) is 11.8 Å². The zero-order valence-electron chi connectivity index (χ0n) is 23.2. The van der Waals surface area contributed by atoms with Crippen molar-refractivity contribution in [2.75, 3.05) is 7.11 Å². The first-order valence-corrected chi connectivity index (χ1v) is 13.8. The van der Waals surface area contributed by atoms with Gasteiger partial charge in [0.25, 0.3) is 0 Å². The van der Waals surface area contributed by atoms with Gasteiger partial charge in [0, 0.05) is 17.0 Å². The van der Waals surface area contributed by atoms with Crippen molar-refractivity contribution in [2.45, 2.75) is 32.1 Å². The lowest BCUT2D eigenvalue weighted by Crippen LogP contribution is -2.48. The Bertz CT molecular complexity index is 1750. The first kappa shape index (κ1) is 26.3. The van der Waals surface area contributed by atoms with Gasteiger partial charge in [-0.2, -0.15) is 5.26 Å². The van der Waals surface area contributed by atoms with Gasteiger partial charge >= 0.3 is 5.97 Å². The highest BCUT2D eigenvalue weighted by atomic mass is 16.5. The van der Waals surface area contributed by atoms with Crippen LogP contribution in [-0.2, 0) is 21.4 Å². The maximum Gasteiger partial charge on any atom is 0.337 e. The summed E-state index contributed by atoms with van der Waals surface area (Å²) in [6, 6.07) is 27.9. The Hall–Kier alpha value is -4.89. The smallest absolute Gasteiger partial charge is 0.337 e. The lowest BCUT2D eigenvalue weighted by molar-refractivity contribution is -0.121. The highest BCUT2D eigenvalue weighted by Crippen LogP contribution is 2.54. The van der Waals surface area contributed by atoms with Crippen molar-refractivity contribution in [3.63, 3.8) is 0 Å². The van der Waals surface area contributed by atoms with Gasteiger partial charge in [0.15, 0.2) is 5.78 Å². The third kappa shape index (κ3) is 4.25. The number of Topliss-reactive ketones (excluding diaryl/α,β-unsaturated/α-hetero) is 1. The van der Waals surface area contributed by atoms with E-state index in [1.165, 1.54) is 7.11 Å². The average molecular weight is 540 g/mol. The van der Waals surface area contributed by atoms with Crippen molar-refractivity contribution >= 4 is 11.8 Å². The zero-order valence-corrected chi connectivity index (χ0v) is 23.2. The van der Waals surface area contributed by atoms with Crippen LogP contribution in [0.4, 0.5) is 0 Å². The predicted molar refractivity (Wildman–Crippen MR) is 156 cm³/mol. The molecule has 0 fully saturated rings. The minimum absolute atomic E-state index is 0.0243. The molecule has 202 valence electrons. The molecule has 3 aromatic carbocycles. The van der Waals surface area contributed by atoms with E-state index < -0.39 is 5.41 Å². The molecule has 2 aliphatic carbocycles. The normalized spacial score (nSPS) is 21.2. The molecule has 0 bridgehead atoms. The Morgan fingerprint density at radius 1 is 0.976 bits per heavy atom. The van der Waals surface area contributed by atoms with E-state index >= 15 is 0 Å². The Kier molecular flexibility index (Phi) is 6.59. The molecule has 6 rings (SSSR count). The third-order valence-electron chi connectivity index (χ3n) is 8.60. The minimum atomic E-state index is -0.711. The molecule has 4 aromatic rings. The van der Waals surface area contributed by atoms with Crippen LogP contribution in [0.5, 0.6) is 0 Å². The molecule has 2 aliphatic rings. The van der Waals surface area contributed by atoms with Crippen LogP contribution in [0.3, 0.4) is 0 Å². The molecule has 0 unspecified atom stereocenters. The summed E-state index contributed by atoms with van der Waals surface area (Å²) >= 11 is 0. The number of aromatic nitrogens is 2. The van der Waals surface area contributed by atoms with Crippen LogP contribution in [0.15, 0.2) is 90.5 Å². The monoisotopic (exact) mass is 539 g/mol. The van der Waals surface area contributed by atoms with Gasteiger partial charge in [-0.15, -0.1) is 0 Å². The highest BCUT2D eigenvalue weighted by molar-refractivity contribution is 6.02.